The molecule has 0 N–H and O–H groups in total. The summed E-state index contributed by atoms with van der Waals surface area (Å²) < 4.78 is 42.4. The first kappa shape index (κ1) is 19.8. The maximum Gasteiger partial charge on any atom is 0.174 e. The lowest BCUT2D eigenvalue weighted by molar-refractivity contribution is 0.496. The third-order valence-corrected chi connectivity index (χ3v) is 4.66. The number of aryl methyl sites for hydroxylation is 2. The highest BCUT2D eigenvalue weighted by Crippen LogP contribution is 2.24. The van der Waals surface area contributed by atoms with Crippen molar-refractivity contribution in [3.8, 4) is 23.0 Å². The van der Waals surface area contributed by atoms with Crippen LogP contribution in [0.3, 0.4) is 0 Å². The third kappa shape index (κ3) is 4.28. The van der Waals surface area contributed by atoms with Crippen LogP contribution in [0.2, 0.25) is 0 Å². The van der Waals surface area contributed by atoms with Crippen LogP contribution in [0.25, 0.3) is 11.1 Å². The van der Waals surface area contributed by atoms with Gasteiger partial charge in [0.2, 0.25) is 0 Å². The molecule has 0 radical (unpaired) electrons. The molecule has 0 heterocycles. The van der Waals surface area contributed by atoms with Gasteiger partial charge in [-0.2, -0.15) is 0 Å². The molecule has 0 aliphatic heterocycles. The fraction of sp³-hybridized carbons (Fsp3) is 0.200. The van der Waals surface area contributed by atoms with E-state index in [0.29, 0.717) is 23.1 Å². The summed E-state index contributed by atoms with van der Waals surface area (Å²) >= 11 is 0. The lowest BCUT2D eigenvalue weighted by atomic mass is 10.0. The SMILES string of the molecule is CCCc1ccc(C#Cc2ccc(-c3ccc(CC)cc3F)cc2)c(F)c1F. The number of halogens is 3. The molecule has 3 rings (SSSR count). The molecule has 3 aromatic carbocycles. The smallest absolute Gasteiger partial charge is 0.174 e. The quantitative estimate of drug-likeness (QED) is 0.444. The maximum atomic E-state index is 14.3. The molecule has 0 aliphatic rings. The fourth-order valence-corrected chi connectivity index (χ4v) is 3.03. The Kier molecular flexibility index (Phi) is 6.21. The zero-order valence-corrected chi connectivity index (χ0v) is 16.0. The topological polar surface area (TPSA) is 0 Å². The summed E-state index contributed by atoms with van der Waals surface area (Å²) in [6, 6.07) is 15.3. The average molecular weight is 378 g/mol. The van der Waals surface area contributed by atoms with Crippen LogP contribution in [-0.4, -0.2) is 0 Å². The van der Waals surface area contributed by atoms with Gasteiger partial charge in [0.25, 0.3) is 0 Å². The van der Waals surface area contributed by atoms with Crippen LogP contribution >= 0.6 is 0 Å². The van der Waals surface area contributed by atoms with Crippen molar-refractivity contribution < 1.29 is 13.2 Å². The summed E-state index contributed by atoms with van der Waals surface area (Å²) in [4.78, 5) is 0. The summed E-state index contributed by atoms with van der Waals surface area (Å²) in [6.07, 6.45) is 2.02. The maximum absolute atomic E-state index is 14.3. The second-order valence-electron chi connectivity index (χ2n) is 6.65. The number of hydrogen-bond donors (Lipinski definition) is 0. The molecule has 0 aliphatic carbocycles. The van der Waals surface area contributed by atoms with Gasteiger partial charge < -0.3 is 0 Å². The molecular formula is C25H21F3. The fourth-order valence-electron chi connectivity index (χ4n) is 3.03. The first-order valence-electron chi connectivity index (χ1n) is 9.41. The molecule has 0 saturated carbocycles. The summed E-state index contributed by atoms with van der Waals surface area (Å²) in [5.41, 5.74) is 3.26. The molecule has 0 unspecified atom stereocenters. The minimum Gasteiger partial charge on any atom is -0.206 e. The predicted molar refractivity (Wildman–Crippen MR) is 108 cm³/mol. The van der Waals surface area contributed by atoms with Gasteiger partial charge in [-0.1, -0.05) is 62.4 Å². The Balaban J connectivity index is 1.84. The Hall–Kier alpha value is -2.99. The van der Waals surface area contributed by atoms with E-state index in [9.17, 15) is 13.2 Å². The number of hydrogen-bond acceptors (Lipinski definition) is 0. The van der Waals surface area contributed by atoms with Gasteiger partial charge in [-0.15, -0.1) is 0 Å². The largest absolute Gasteiger partial charge is 0.206 e. The van der Waals surface area contributed by atoms with Gasteiger partial charge in [0.15, 0.2) is 11.6 Å². The second kappa shape index (κ2) is 8.80. The molecule has 0 aromatic heterocycles. The van der Waals surface area contributed by atoms with Gasteiger partial charge in [0, 0.05) is 11.1 Å². The van der Waals surface area contributed by atoms with Crippen molar-refractivity contribution in [3.05, 3.63) is 94.3 Å². The third-order valence-electron chi connectivity index (χ3n) is 4.66. The van der Waals surface area contributed by atoms with Crippen molar-refractivity contribution in [1.82, 2.24) is 0 Å². The molecule has 0 saturated heterocycles. The van der Waals surface area contributed by atoms with E-state index in [1.807, 2.05) is 19.9 Å². The highest BCUT2D eigenvalue weighted by molar-refractivity contribution is 5.65. The Labute approximate surface area is 164 Å². The van der Waals surface area contributed by atoms with Gasteiger partial charge in [-0.05, 0) is 53.8 Å². The van der Waals surface area contributed by atoms with E-state index < -0.39 is 11.6 Å². The molecule has 0 spiro atoms. The summed E-state index contributed by atoms with van der Waals surface area (Å²) in [5, 5.41) is 0. The molecule has 28 heavy (non-hydrogen) atoms. The molecule has 3 heteroatoms. The highest BCUT2D eigenvalue weighted by atomic mass is 19.2. The molecule has 0 amide bonds. The summed E-state index contributed by atoms with van der Waals surface area (Å²) in [7, 11) is 0. The normalized spacial score (nSPS) is 10.5. The van der Waals surface area contributed by atoms with E-state index in [1.165, 1.54) is 6.07 Å². The number of benzene rings is 3. The van der Waals surface area contributed by atoms with E-state index in [2.05, 4.69) is 11.8 Å². The average Bonchev–Trinajstić information content (AvgIpc) is 2.71. The monoisotopic (exact) mass is 378 g/mol. The zero-order chi connectivity index (χ0) is 20.1. The standard InChI is InChI=1S/C25H21F3/c1-3-5-20-13-14-21(25(28)24(20)27)12-8-18-6-10-19(11-7-18)22-15-9-17(4-2)16-23(22)26/h6-7,9-11,13-16H,3-5H2,1-2H3. The molecule has 0 nitrogen and oxygen atoms in total. The van der Waals surface area contributed by atoms with Gasteiger partial charge in [0.05, 0.1) is 5.56 Å². The van der Waals surface area contributed by atoms with Gasteiger partial charge in [0.1, 0.15) is 5.82 Å². The molecule has 0 bridgehead atoms. The van der Waals surface area contributed by atoms with Crippen LogP contribution in [0.5, 0.6) is 0 Å². The lowest BCUT2D eigenvalue weighted by Crippen LogP contribution is -1.97. The van der Waals surface area contributed by atoms with E-state index in [0.717, 1.165) is 24.0 Å². The molecular weight excluding hydrogens is 357 g/mol. The first-order valence-corrected chi connectivity index (χ1v) is 9.41. The minimum atomic E-state index is -0.909. The summed E-state index contributed by atoms with van der Waals surface area (Å²) in [5.74, 6) is 3.53. The second-order valence-corrected chi connectivity index (χ2v) is 6.65. The highest BCUT2D eigenvalue weighted by Gasteiger charge is 2.11. The molecule has 3 aromatic rings. The Morgan fingerprint density at radius 3 is 2.18 bits per heavy atom. The minimum absolute atomic E-state index is 0.0302. The van der Waals surface area contributed by atoms with E-state index >= 15 is 0 Å². The van der Waals surface area contributed by atoms with Crippen molar-refractivity contribution in [3.63, 3.8) is 0 Å². The first-order chi connectivity index (χ1) is 13.5. The van der Waals surface area contributed by atoms with Crippen molar-refractivity contribution in [2.75, 3.05) is 0 Å². The van der Waals surface area contributed by atoms with Crippen LogP contribution in [0.1, 0.15) is 42.5 Å². The van der Waals surface area contributed by atoms with E-state index in [-0.39, 0.29) is 11.4 Å². The van der Waals surface area contributed by atoms with Crippen molar-refractivity contribution in [2.45, 2.75) is 33.1 Å². The van der Waals surface area contributed by atoms with Gasteiger partial charge >= 0.3 is 0 Å². The van der Waals surface area contributed by atoms with Crippen LogP contribution < -0.4 is 0 Å². The van der Waals surface area contributed by atoms with Gasteiger partial charge in [-0.25, -0.2) is 13.2 Å². The van der Waals surface area contributed by atoms with Crippen LogP contribution in [0.4, 0.5) is 13.2 Å². The van der Waals surface area contributed by atoms with Gasteiger partial charge in [-0.3, -0.25) is 0 Å². The van der Waals surface area contributed by atoms with Crippen LogP contribution in [0, 0.1) is 29.3 Å². The Morgan fingerprint density at radius 2 is 1.54 bits per heavy atom. The van der Waals surface area contributed by atoms with Crippen molar-refractivity contribution in [1.29, 1.82) is 0 Å². The summed E-state index contributed by atoms with van der Waals surface area (Å²) in [6.45, 7) is 3.90. The lowest BCUT2D eigenvalue weighted by Gasteiger charge is -2.06. The van der Waals surface area contributed by atoms with Crippen molar-refractivity contribution >= 4 is 0 Å². The Bertz CT molecular complexity index is 1040. The van der Waals surface area contributed by atoms with E-state index in [4.69, 9.17) is 0 Å². The predicted octanol–water partition coefficient (Wildman–Crippen LogP) is 6.69. The number of rotatable bonds is 4. The molecule has 0 atom stereocenters. The van der Waals surface area contributed by atoms with E-state index in [1.54, 1.807) is 42.5 Å². The van der Waals surface area contributed by atoms with Crippen LogP contribution in [0.15, 0.2) is 54.6 Å². The van der Waals surface area contributed by atoms with Crippen LogP contribution in [-0.2, 0) is 12.8 Å². The van der Waals surface area contributed by atoms with Crippen molar-refractivity contribution in [2.24, 2.45) is 0 Å². The zero-order valence-electron chi connectivity index (χ0n) is 16.0. The Morgan fingerprint density at radius 1 is 0.786 bits per heavy atom. The molecule has 142 valence electrons. The molecule has 0 fully saturated rings.